The number of nitrogens with one attached hydrogen (secondary N) is 1. The Morgan fingerprint density at radius 3 is 2.62 bits per heavy atom. The summed E-state index contributed by atoms with van der Waals surface area (Å²) in [7, 11) is 0. The van der Waals surface area contributed by atoms with Crippen molar-refractivity contribution in [2.24, 2.45) is 5.92 Å². The summed E-state index contributed by atoms with van der Waals surface area (Å²) in [4.78, 5) is 4.18. The second-order valence-electron chi connectivity index (χ2n) is 6.53. The summed E-state index contributed by atoms with van der Waals surface area (Å²) in [5.41, 5.74) is 1.03. The first kappa shape index (κ1) is 18.2. The zero-order valence-electron chi connectivity index (χ0n) is 13.7. The van der Waals surface area contributed by atoms with Crippen LogP contribution >= 0.6 is 11.6 Å². The highest BCUT2D eigenvalue weighted by Crippen LogP contribution is 2.20. The Morgan fingerprint density at radius 2 is 2.00 bits per heavy atom. The molecular weight excluding hydrogens is 288 g/mol. The van der Waals surface area contributed by atoms with Gasteiger partial charge in [0.25, 0.3) is 0 Å². The van der Waals surface area contributed by atoms with Crippen LogP contribution in [0.3, 0.4) is 0 Å². The van der Waals surface area contributed by atoms with Gasteiger partial charge in [0.2, 0.25) is 5.88 Å². The highest BCUT2D eigenvalue weighted by Gasteiger charge is 2.11. The molecular formula is C16H27ClN2O2. The lowest BCUT2D eigenvalue weighted by molar-refractivity contribution is 0.0806. The highest BCUT2D eigenvalue weighted by molar-refractivity contribution is 6.31. The number of pyridine rings is 1. The van der Waals surface area contributed by atoms with Gasteiger partial charge in [0.1, 0.15) is 6.61 Å². The monoisotopic (exact) mass is 314 g/mol. The standard InChI is InChI=1S/C16H27ClN2O2/c1-12(2)11-20-6-7-21-15-8-13(14(17)10-18-15)9-19-16(3,4)5/h8,10,12,19H,6-7,9,11H2,1-5H3. The summed E-state index contributed by atoms with van der Waals surface area (Å²) in [5.74, 6) is 1.12. The molecule has 0 fully saturated rings. The normalized spacial score (nSPS) is 12.0. The van der Waals surface area contributed by atoms with Gasteiger partial charge in [-0.25, -0.2) is 4.98 Å². The number of aromatic nitrogens is 1. The van der Waals surface area contributed by atoms with E-state index in [9.17, 15) is 0 Å². The Morgan fingerprint density at radius 1 is 1.29 bits per heavy atom. The largest absolute Gasteiger partial charge is 0.475 e. The van der Waals surface area contributed by atoms with Crippen molar-refractivity contribution < 1.29 is 9.47 Å². The fourth-order valence-corrected chi connectivity index (χ4v) is 1.73. The highest BCUT2D eigenvalue weighted by atomic mass is 35.5. The third-order valence-electron chi connectivity index (χ3n) is 2.65. The lowest BCUT2D eigenvalue weighted by Gasteiger charge is -2.21. The fraction of sp³-hybridized carbons (Fsp3) is 0.688. The molecule has 5 heteroatoms. The van der Waals surface area contributed by atoms with E-state index in [-0.39, 0.29) is 5.54 Å². The van der Waals surface area contributed by atoms with E-state index in [1.54, 1.807) is 6.20 Å². The Labute approximate surface area is 133 Å². The molecule has 0 aromatic carbocycles. The Balaban J connectivity index is 2.45. The summed E-state index contributed by atoms with van der Waals surface area (Å²) in [6.45, 7) is 13.1. The molecule has 0 radical (unpaired) electrons. The average molecular weight is 315 g/mol. The first-order chi connectivity index (χ1) is 9.78. The Kier molecular flexibility index (Phi) is 7.43. The lowest BCUT2D eigenvalue weighted by atomic mass is 10.1. The smallest absolute Gasteiger partial charge is 0.213 e. The van der Waals surface area contributed by atoms with Crippen LogP contribution in [-0.2, 0) is 11.3 Å². The summed E-state index contributed by atoms with van der Waals surface area (Å²) < 4.78 is 11.1. The van der Waals surface area contributed by atoms with Crippen LogP contribution < -0.4 is 10.1 Å². The van der Waals surface area contributed by atoms with Crippen LogP contribution in [0.2, 0.25) is 5.02 Å². The SMILES string of the molecule is CC(C)COCCOc1cc(CNC(C)(C)C)c(Cl)cn1. The second-order valence-corrected chi connectivity index (χ2v) is 6.94. The third-order valence-corrected chi connectivity index (χ3v) is 2.99. The summed E-state index contributed by atoms with van der Waals surface area (Å²) in [6, 6.07) is 1.88. The molecule has 1 N–H and O–H groups in total. The molecule has 0 saturated heterocycles. The van der Waals surface area contributed by atoms with Crippen LogP contribution in [0.5, 0.6) is 5.88 Å². The van der Waals surface area contributed by atoms with Gasteiger partial charge in [0, 0.05) is 31.0 Å². The zero-order chi connectivity index (χ0) is 15.9. The molecule has 0 saturated carbocycles. The molecule has 120 valence electrons. The minimum atomic E-state index is 0.0400. The van der Waals surface area contributed by atoms with Gasteiger partial charge in [-0.3, -0.25) is 0 Å². The van der Waals surface area contributed by atoms with E-state index in [4.69, 9.17) is 21.1 Å². The van der Waals surface area contributed by atoms with Crippen molar-refractivity contribution in [1.29, 1.82) is 0 Å². The molecule has 0 bridgehead atoms. The molecule has 0 spiro atoms. The van der Waals surface area contributed by atoms with E-state index < -0.39 is 0 Å². The number of hydrogen-bond donors (Lipinski definition) is 1. The van der Waals surface area contributed by atoms with Crippen LogP contribution in [0.1, 0.15) is 40.2 Å². The first-order valence-electron chi connectivity index (χ1n) is 7.38. The van der Waals surface area contributed by atoms with Crippen LogP contribution in [-0.4, -0.2) is 30.3 Å². The first-order valence-corrected chi connectivity index (χ1v) is 7.75. The molecule has 0 aliphatic rings. The summed E-state index contributed by atoms with van der Waals surface area (Å²) >= 11 is 6.16. The van der Waals surface area contributed by atoms with E-state index in [1.165, 1.54) is 0 Å². The van der Waals surface area contributed by atoms with Crippen molar-refractivity contribution in [3.05, 3.63) is 22.8 Å². The van der Waals surface area contributed by atoms with Gasteiger partial charge in [-0.15, -0.1) is 0 Å². The zero-order valence-corrected chi connectivity index (χ0v) is 14.5. The predicted molar refractivity (Wildman–Crippen MR) is 87.0 cm³/mol. The third kappa shape index (κ3) is 8.24. The van der Waals surface area contributed by atoms with Crippen LogP contribution in [0.15, 0.2) is 12.3 Å². The van der Waals surface area contributed by atoms with Gasteiger partial charge in [-0.1, -0.05) is 25.4 Å². The van der Waals surface area contributed by atoms with Crippen molar-refractivity contribution in [2.75, 3.05) is 19.8 Å². The van der Waals surface area contributed by atoms with Gasteiger partial charge >= 0.3 is 0 Å². The van der Waals surface area contributed by atoms with E-state index in [0.717, 1.165) is 12.2 Å². The van der Waals surface area contributed by atoms with E-state index in [1.807, 2.05) is 6.07 Å². The molecule has 0 aliphatic heterocycles. The van der Waals surface area contributed by atoms with Crippen molar-refractivity contribution in [3.63, 3.8) is 0 Å². The van der Waals surface area contributed by atoms with Crippen molar-refractivity contribution in [3.8, 4) is 5.88 Å². The number of nitrogens with zero attached hydrogens (tertiary/aromatic N) is 1. The topological polar surface area (TPSA) is 43.4 Å². The number of hydrogen-bond acceptors (Lipinski definition) is 4. The van der Waals surface area contributed by atoms with E-state index >= 15 is 0 Å². The molecule has 1 aromatic rings. The van der Waals surface area contributed by atoms with Crippen molar-refractivity contribution in [1.82, 2.24) is 10.3 Å². The Hall–Kier alpha value is -0.840. The molecule has 0 amide bonds. The summed E-state index contributed by atoms with van der Waals surface area (Å²) in [6.07, 6.45) is 1.63. The van der Waals surface area contributed by atoms with Crippen LogP contribution in [0.25, 0.3) is 0 Å². The fourth-order valence-electron chi connectivity index (χ4n) is 1.56. The second kappa shape index (κ2) is 8.57. The number of rotatable bonds is 8. The quantitative estimate of drug-likeness (QED) is 0.743. The van der Waals surface area contributed by atoms with Gasteiger partial charge < -0.3 is 14.8 Å². The molecule has 0 atom stereocenters. The van der Waals surface area contributed by atoms with Crippen molar-refractivity contribution >= 4 is 11.6 Å². The number of halogens is 1. The Bertz CT molecular complexity index is 431. The number of ether oxygens (including phenoxy) is 2. The van der Waals surface area contributed by atoms with Gasteiger partial charge in [0.05, 0.1) is 11.6 Å². The maximum Gasteiger partial charge on any atom is 0.213 e. The molecule has 1 aromatic heterocycles. The van der Waals surface area contributed by atoms with Gasteiger partial charge in [-0.2, -0.15) is 0 Å². The van der Waals surface area contributed by atoms with Crippen LogP contribution in [0.4, 0.5) is 0 Å². The molecule has 21 heavy (non-hydrogen) atoms. The molecule has 1 heterocycles. The van der Waals surface area contributed by atoms with Gasteiger partial charge in [-0.05, 0) is 32.3 Å². The van der Waals surface area contributed by atoms with Crippen LogP contribution in [0, 0.1) is 5.92 Å². The lowest BCUT2D eigenvalue weighted by Crippen LogP contribution is -2.35. The van der Waals surface area contributed by atoms with E-state index in [0.29, 0.717) is 36.6 Å². The predicted octanol–water partition coefficient (Wildman–Crippen LogP) is 3.67. The maximum absolute atomic E-state index is 6.16. The maximum atomic E-state index is 6.16. The van der Waals surface area contributed by atoms with Crippen molar-refractivity contribution in [2.45, 2.75) is 46.7 Å². The average Bonchev–Trinajstić information content (AvgIpc) is 2.37. The molecule has 0 unspecified atom stereocenters. The molecule has 4 nitrogen and oxygen atoms in total. The minimum absolute atomic E-state index is 0.0400. The molecule has 1 rings (SSSR count). The minimum Gasteiger partial charge on any atom is -0.475 e. The van der Waals surface area contributed by atoms with Gasteiger partial charge in [0.15, 0.2) is 0 Å². The van der Waals surface area contributed by atoms with E-state index in [2.05, 4.69) is 44.9 Å². The molecule has 0 aliphatic carbocycles. The summed E-state index contributed by atoms with van der Waals surface area (Å²) in [5, 5.41) is 4.05.